The van der Waals surface area contributed by atoms with Gasteiger partial charge in [-0.25, -0.2) is 4.98 Å². The number of fused-ring (bicyclic) bond motifs is 1. The molecule has 2 aliphatic heterocycles. The van der Waals surface area contributed by atoms with Crippen LogP contribution in [0, 0.1) is 5.92 Å². The van der Waals surface area contributed by atoms with Gasteiger partial charge in [-0.15, -0.1) is 0 Å². The number of benzene rings is 1. The predicted octanol–water partition coefficient (Wildman–Crippen LogP) is 3.35. The number of aromatic nitrogens is 2. The van der Waals surface area contributed by atoms with Crippen LogP contribution in [0.15, 0.2) is 40.7 Å². The number of nitrogens with zero attached hydrogens (tertiary/aromatic N) is 3. The molecule has 1 aromatic carbocycles. The number of hydrogen-bond donors (Lipinski definition) is 1. The van der Waals surface area contributed by atoms with Crippen molar-refractivity contribution in [3.05, 3.63) is 68.9 Å². The van der Waals surface area contributed by atoms with Crippen molar-refractivity contribution < 1.29 is 4.79 Å². The van der Waals surface area contributed by atoms with Crippen molar-refractivity contribution in [2.45, 2.75) is 51.5 Å². The summed E-state index contributed by atoms with van der Waals surface area (Å²) in [5.74, 6) is 1.46. The molecule has 5 rings (SSSR count). The maximum absolute atomic E-state index is 12.8. The zero-order valence-corrected chi connectivity index (χ0v) is 18.8. The van der Waals surface area contributed by atoms with E-state index in [-0.39, 0.29) is 23.3 Å². The van der Waals surface area contributed by atoms with Crippen molar-refractivity contribution in [1.29, 1.82) is 0 Å². The maximum Gasteiger partial charge on any atom is 0.254 e. The molecule has 1 saturated heterocycles. The summed E-state index contributed by atoms with van der Waals surface area (Å²) in [4.78, 5) is 37.8. The first-order valence-electron chi connectivity index (χ1n) is 11.9. The fourth-order valence-corrected chi connectivity index (χ4v) is 5.19. The first-order valence-corrected chi connectivity index (χ1v) is 11.9. The minimum Gasteiger partial charge on any atom is -0.336 e. The van der Waals surface area contributed by atoms with E-state index in [2.05, 4.69) is 47.1 Å². The third kappa shape index (κ3) is 4.42. The smallest absolute Gasteiger partial charge is 0.254 e. The highest BCUT2D eigenvalue weighted by atomic mass is 16.2. The third-order valence-corrected chi connectivity index (χ3v) is 7.20. The van der Waals surface area contributed by atoms with Crippen LogP contribution in [0.1, 0.15) is 61.2 Å². The molecule has 2 aromatic rings. The monoisotopic (exact) mass is 432 g/mol. The van der Waals surface area contributed by atoms with Crippen LogP contribution < -0.4 is 5.56 Å². The van der Waals surface area contributed by atoms with Gasteiger partial charge in [-0.3, -0.25) is 14.5 Å². The molecule has 1 amide bonds. The van der Waals surface area contributed by atoms with E-state index < -0.39 is 0 Å². The Morgan fingerprint density at radius 2 is 2.00 bits per heavy atom. The normalized spacial score (nSPS) is 22.0. The molecule has 1 aliphatic carbocycles. The quantitative estimate of drug-likeness (QED) is 0.787. The van der Waals surface area contributed by atoms with Crippen LogP contribution in [0.3, 0.4) is 0 Å². The second kappa shape index (κ2) is 9.02. The molecule has 2 fully saturated rings. The lowest BCUT2D eigenvalue weighted by molar-refractivity contribution is -0.139. The number of carbonyl (C=O) groups is 1. The van der Waals surface area contributed by atoms with E-state index in [1.807, 2.05) is 11.0 Å². The minimum atomic E-state index is -0.0145. The van der Waals surface area contributed by atoms with Gasteiger partial charge < -0.3 is 9.88 Å². The molecule has 6 heteroatoms. The van der Waals surface area contributed by atoms with Crippen molar-refractivity contribution in [3.63, 3.8) is 0 Å². The van der Waals surface area contributed by atoms with Crippen LogP contribution in [-0.4, -0.2) is 51.9 Å². The Morgan fingerprint density at radius 3 is 2.75 bits per heavy atom. The predicted molar refractivity (Wildman–Crippen MR) is 125 cm³/mol. The maximum atomic E-state index is 12.8. The lowest BCUT2D eigenvalue weighted by Gasteiger charge is -2.34. The number of hydrogen-bond acceptors (Lipinski definition) is 4. The Labute approximate surface area is 189 Å². The topological polar surface area (TPSA) is 69.3 Å². The van der Waals surface area contributed by atoms with Gasteiger partial charge in [0.1, 0.15) is 5.82 Å². The van der Waals surface area contributed by atoms with Crippen molar-refractivity contribution in [1.82, 2.24) is 19.8 Å². The van der Waals surface area contributed by atoms with Crippen LogP contribution in [0.2, 0.25) is 0 Å². The Bertz CT molecular complexity index is 1070. The molecule has 32 heavy (non-hydrogen) atoms. The Kier molecular flexibility index (Phi) is 5.96. The van der Waals surface area contributed by atoms with Crippen LogP contribution in [0.4, 0.5) is 0 Å². The standard InChI is InChI=1S/C26H32N4O2/c1-18(14-19-6-3-2-4-7-19)15-29-12-10-21(16-29)24-27-23-17-30(26(32)20-8-5-9-20)13-11-22(23)25(31)28-24/h2-4,6-7,14,20-21H,5,8-13,15-17H2,1H3,(H,27,28,31)/b18-14+. The number of amides is 1. The third-order valence-electron chi connectivity index (χ3n) is 7.20. The number of rotatable bonds is 5. The molecule has 0 radical (unpaired) electrons. The fraction of sp³-hybridized carbons (Fsp3) is 0.500. The number of likely N-dealkylation sites (tertiary alicyclic amines) is 1. The van der Waals surface area contributed by atoms with E-state index in [4.69, 9.17) is 4.98 Å². The molecule has 1 N–H and O–H groups in total. The number of nitrogens with one attached hydrogen (secondary N) is 1. The van der Waals surface area contributed by atoms with Crippen molar-refractivity contribution >= 4 is 12.0 Å². The fourth-order valence-electron chi connectivity index (χ4n) is 5.19. The Hall–Kier alpha value is -2.73. The average molecular weight is 433 g/mol. The van der Waals surface area contributed by atoms with Crippen LogP contribution in [0.5, 0.6) is 0 Å². The zero-order chi connectivity index (χ0) is 22.1. The van der Waals surface area contributed by atoms with E-state index in [0.717, 1.165) is 62.4 Å². The van der Waals surface area contributed by atoms with Crippen molar-refractivity contribution in [2.24, 2.45) is 5.92 Å². The largest absolute Gasteiger partial charge is 0.336 e. The van der Waals surface area contributed by atoms with Gasteiger partial charge in [0.2, 0.25) is 5.91 Å². The zero-order valence-electron chi connectivity index (χ0n) is 18.8. The number of aromatic amines is 1. The molecular weight excluding hydrogens is 400 g/mol. The molecule has 1 atom stereocenters. The van der Waals surface area contributed by atoms with E-state index >= 15 is 0 Å². The second-order valence-electron chi connectivity index (χ2n) is 9.64. The number of H-pyrrole nitrogens is 1. The SMILES string of the molecule is C/C(=C\c1ccccc1)CN1CCC(c2nc3c(c(=O)[nH]2)CCN(C(=O)C2CCC2)C3)C1. The van der Waals surface area contributed by atoms with Crippen LogP contribution >= 0.6 is 0 Å². The minimum absolute atomic E-state index is 0.0145. The van der Waals surface area contributed by atoms with E-state index in [0.29, 0.717) is 19.5 Å². The Morgan fingerprint density at radius 1 is 1.19 bits per heavy atom. The summed E-state index contributed by atoms with van der Waals surface area (Å²) in [5, 5.41) is 0. The molecule has 1 saturated carbocycles. The molecule has 3 aliphatic rings. The van der Waals surface area contributed by atoms with E-state index in [1.54, 1.807) is 0 Å². The van der Waals surface area contributed by atoms with Gasteiger partial charge in [-0.1, -0.05) is 48.4 Å². The summed E-state index contributed by atoms with van der Waals surface area (Å²) >= 11 is 0. The molecule has 0 spiro atoms. The van der Waals surface area contributed by atoms with Gasteiger partial charge in [0.05, 0.1) is 12.2 Å². The molecule has 1 unspecified atom stereocenters. The second-order valence-corrected chi connectivity index (χ2v) is 9.64. The summed E-state index contributed by atoms with van der Waals surface area (Å²) in [6.45, 7) is 6.11. The summed E-state index contributed by atoms with van der Waals surface area (Å²) in [7, 11) is 0. The highest BCUT2D eigenvalue weighted by Gasteiger charge is 2.33. The van der Waals surface area contributed by atoms with Gasteiger partial charge in [-0.2, -0.15) is 0 Å². The molecular formula is C26H32N4O2. The van der Waals surface area contributed by atoms with Gasteiger partial charge in [-0.05, 0) is 44.7 Å². The lowest BCUT2D eigenvalue weighted by atomic mass is 9.84. The van der Waals surface area contributed by atoms with E-state index in [9.17, 15) is 9.59 Å². The van der Waals surface area contributed by atoms with Crippen LogP contribution in [0.25, 0.3) is 6.08 Å². The molecule has 168 valence electrons. The first-order chi connectivity index (χ1) is 15.6. The van der Waals surface area contributed by atoms with Gasteiger partial charge in [0.15, 0.2) is 0 Å². The van der Waals surface area contributed by atoms with Crippen molar-refractivity contribution in [2.75, 3.05) is 26.2 Å². The highest BCUT2D eigenvalue weighted by molar-refractivity contribution is 5.79. The Balaban J connectivity index is 1.26. The average Bonchev–Trinajstić information content (AvgIpc) is 3.21. The molecule has 0 bridgehead atoms. The van der Waals surface area contributed by atoms with Crippen LogP contribution in [-0.2, 0) is 17.8 Å². The van der Waals surface area contributed by atoms with Gasteiger partial charge >= 0.3 is 0 Å². The first kappa shape index (κ1) is 21.1. The molecule has 3 heterocycles. The molecule has 6 nitrogen and oxygen atoms in total. The highest BCUT2D eigenvalue weighted by Crippen LogP contribution is 2.30. The summed E-state index contributed by atoms with van der Waals surface area (Å²) < 4.78 is 0. The summed E-state index contributed by atoms with van der Waals surface area (Å²) in [5.41, 5.74) is 4.11. The number of carbonyl (C=O) groups excluding carboxylic acids is 1. The summed E-state index contributed by atoms with van der Waals surface area (Å²) in [6.07, 6.45) is 7.00. The van der Waals surface area contributed by atoms with Gasteiger partial charge in [0.25, 0.3) is 5.56 Å². The van der Waals surface area contributed by atoms with E-state index in [1.165, 1.54) is 11.1 Å². The lowest BCUT2D eigenvalue weighted by Crippen LogP contribution is -2.43. The molecule has 1 aromatic heterocycles. The summed E-state index contributed by atoms with van der Waals surface area (Å²) in [6, 6.07) is 10.4. The van der Waals surface area contributed by atoms with Gasteiger partial charge in [0, 0.05) is 37.0 Å². The van der Waals surface area contributed by atoms with Crippen molar-refractivity contribution in [3.8, 4) is 0 Å².